The Labute approximate surface area is 196 Å². The van der Waals surface area contributed by atoms with Crippen LogP contribution in [0.3, 0.4) is 0 Å². The van der Waals surface area contributed by atoms with E-state index in [9.17, 15) is 27.2 Å². The molecule has 0 radical (unpaired) electrons. The number of fused-ring (bicyclic) bond motifs is 1. The molecule has 3 aromatic rings. The minimum Gasteiger partial charge on any atom is -0.379 e. The average Bonchev–Trinajstić information content (AvgIpc) is 3.24. The third-order valence-electron chi connectivity index (χ3n) is 5.70. The second-order valence-corrected chi connectivity index (χ2v) is 8.13. The summed E-state index contributed by atoms with van der Waals surface area (Å²) < 4.78 is 59.7. The van der Waals surface area contributed by atoms with Crippen molar-refractivity contribution in [2.45, 2.75) is 25.6 Å². The number of carbonyl (C=O) groups is 1. The Morgan fingerprint density at radius 2 is 1.94 bits per heavy atom. The van der Waals surface area contributed by atoms with Gasteiger partial charge in [0.2, 0.25) is 5.91 Å². The average molecular weight is 497 g/mol. The van der Waals surface area contributed by atoms with Crippen LogP contribution >= 0.6 is 0 Å². The lowest BCUT2D eigenvalue weighted by Gasteiger charge is -2.35. The molecule has 1 N–H and O–H groups in total. The zero-order chi connectivity index (χ0) is 25.2. The topological polar surface area (TPSA) is 109 Å². The molecule has 188 valence electrons. The summed E-state index contributed by atoms with van der Waals surface area (Å²) in [5.74, 6) is 0.126. The Morgan fingerprint density at radius 3 is 2.60 bits per heavy atom. The van der Waals surface area contributed by atoms with Crippen LogP contribution in [-0.4, -0.2) is 75.2 Å². The molecule has 1 aliphatic heterocycles. The van der Waals surface area contributed by atoms with E-state index in [0.29, 0.717) is 32.0 Å². The minimum absolute atomic E-state index is 0.0157. The van der Waals surface area contributed by atoms with Gasteiger partial charge >= 0.3 is 6.18 Å². The Bertz CT molecular complexity index is 1230. The number of amides is 1. The number of aromatic nitrogens is 5. The fraction of sp³-hybridized carbons (Fsp3) is 0.476. The molecule has 1 atom stereocenters. The highest BCUT2D eigenvalue weighted by molar-refractivity contribution is 5.80. The van der Waals surface area contributed by atoms with Crippen molar-refractivity contribution < 1.29 is 27.1 Å². The van der Waals surface area contributed by atoms with Gasteiger partial charge in [0.05, 0.1) is 43.6 Å². The number of carbonyl (C=O) groups excluding carboxylic acids is 1. The first-order chi connectivity index (χ1) is 16.6. The van der Waals surface area contributed by atoms with Gasteiger partial charge in [0.15, 0.2) is 5.69 Å². The van der Waals surface area contributed by atoms with E-state index in [1.165, 1.54) is 6.07 Å². The molecule has 4 heterocycles. The van der Waals surface area contributed by atoms with Gasteiger partial charge in [0.25, 0.3) is 5.56 Å². The monoisotopic (exact) mass is 497 g/mol. The second kappa shape index (κ2) is 9.98. The van der Waals surface area contributed by atoms with Gasteiger partial charge in [-0.05, 0) is 19.1 Å². The summed E-state index contributed by atoms with van der Waals surface area (Å²) in [5.41, 5.74) is -2.31. The molecule has 1 amide bonds. The van der Waals surface area contributed by atoms with Crippen LogP contribution in [0.5, 0.6) is 0 Å². The smallest absolute Gasteiger partial charge is 0.379 e. The summed E-state index contributed by atoms with van der Waals surface area (Å²) >= 11 is 0. The highest BCUT2D eigenvalue weighted by Gasteiger charge is 2.38. The van der Waals surface area contributed by atoms with Crippen molar-refractivity contribution >= 4 is 22.6 Å². The number of ether oxygens (including phenoxy) is 1. The van der Waals surface area contributed by atoms with Crippen LogP contribution in [-0.2, 0) is 15.7 Å². The summed E-state index contributed by atoms with van der Waals surface area (Å²) in [7, 11) is 0. The van der Waals surface area contributed by atoms with Gasteiger partial charge in [0.1, 0.15) is 17.0 Å². The van der Waals surface area contributed by atoms with Crippen LogP contribution in [0.1, 0.15) is 25.1 Å². The SMILES string of the molecule is CC(COCCC(=O)N1CCN(c2ccc(F)cn2)CC1)n1nc(C(F)(F)F)c2c(=O)[nH]ncc21. The fourth-order valence-corrected chi connectivity index (χ4v) is 3.92. The number of hydrogen-bond acceptors (Lipinski definition) is 7. The van der Waals surface area contributed by atoms with E-state index in [0.717, 1.165) is 17.1 Å². The first kappa shape index (κ1) is 24.6. The molecular formula is C21H23F4N7O3. The van der Waals surface area contributed by atoms with E-state index < -0.39 is 34.7 Å². The van der Waals surface area contributed by atoms with Crippen LogP contribution in [0.4, 0.5) is 23.4 Å². The largest absolute Gasteiger partial charge is 0.435 e. The molecule has 1 unspecified atom stereocenters. The summed E-state index contributed by atoms with van der Waals surface area (Å²) in [6.45, 7) is 3.74. The molecule has 1 aliphatic rings. The lowest BCUT2D eigenvalue weighted by Crippen LogP contribution is -2.49. The third-order valence-corrected chi connectivity index (χ3v) is 5.70. The molecule has 1 fully saturated rings. The summed E-state index contributed by atoms with van der Waals surface area (Å²) in [6, 6.07) is 2.29. The van der Waals surface area contributed by atoms with Crippen LogP contribution in [0.15, 0.2) is 29.3 Å². The maximum atomic E-state index is 13.3. The molecule has 0 bridgehead atoms. The lowest BCUT2D eigenvalue weighted by molar-refractivity contribution is -0.140. The van der Waals surface area contributed by atoms with Crippen molar-refractivity contribution in [3.05, 3.63) is 46.4 Å². The Balaban J connectivity index is 1.28. The quantitative estimate of drug-likeness (QED) is 0.393. The van der Waals surface area contributed by atoms with Gasteiger partial charge in [-0.2, -0.15) is 23.4 Å². The summed E-state index contributed by atoms with van der Waals surface area (Å²) in [5, 5.41) is 8.58. The van der Waals surface area contributed by atoms with Crippen molar-refractivity contribution in [1.82, 2.24) is 29.9 Å². The van der Waals surface area contributed by atoms with Crippen LogP contribution < -0.4 is 10.5 Å². The second-order valence-electron chi connectivity index (χ2n) is 8.13. The maximum Gasteiger partial charge on any atom is 0.435 e. The summed E-state index contributed by atoms with van der Waals surface area (Å²) in [6.07, 6.45) is -2.44. The van der Waals surface area contributed by atoms with E-state index in [1.54, 1.807) is 17.9 Å². The maximum absolute atomic E-state index is 13.3. The number of halogens is 4. The number of piperazine rings is 1. The number of pyridine rings is 1. The highest BCUT2D eigenvalue weighted by atomic mass is 19.4. The molecule has 0 saturated carbocycles. The van der Waals surface area contributed by atoms with E-state index in [2.05, 4.69) is 15.2 Å². The number of alkyl halides is 3. The van der Waals surface area contributed by atoms with Gasteiger partial charge in [-0.25, -0.2) is 14.5 Å². The van der Waals surface area contributed by atoms with E-state index >= 15 is 0 Å². The van der Waals surface area contributed by atoms with Crippen molar-refractivity contribution in [3.63, 3.8) is 0 Å². The first-order valence-corrected chi connectivity index (χ1v) is 10.9. The normalized spacial score (nSPS) is 15.6. The van der Waals surface area contributed by atoms with E-state index in [-0.39, 0.29) is 31.1 Å². The molecule has 3 aromatic heterocycles. The Hall–Kier alpha value is -3.55. The van der Waals surface area contributed by atoms with E-state index in [1.807, 2.05) is 10.00 Å². The van der Waals surface area contributed by atoms with Crippen LogP contribution in [0, 0.1) is 5.82 Å². The van der Waals surface area contributed by atoms with Crippen LogP contribution in [0.2, 0.25) is 0 Å². The number of nitrogens with one attached hydrogen (secondary N) is 1. The molecule has 35 heavy (non-hydrogen) atoms. The molecule has 4 rings (SSSR count). The molecule has 0 aliphatic carbocycles. The zero-order valence-electron chi connectivity index (χ0n) is 18.8. The van der Waals surface area contributed by atoms with E-state index in [4.69, 9.17) is 4.74 Å². The minimum atomic E-state index is -4.80. The Morgan fingerprint density at radius 1 is 1.20 bits per heavy atom. The number of nitrogens with zero attached hydrogens (tertiary/aromatic N) is 6. The van der Waals surface area contributed by atoms with Crippen molar-refractivity contribution in [2.24, 2.45) is 0 Å². The predicted molar refractivity (Wildman–Crippen MR) is 116 cm³/mol. The molecule has 0 aromatic carbocycles. The zero-order valence-corrected chi connectivity index (χ0v) is 18.8. The van der Waals surface area contributed by atoms with Crippen molar-refractivity contribution in [1.29, 1.82) is 0 Å². The molecule has 1 saturated heterocycles. The van der Waals surface area contributed by atoms with Gasteiger partial charge in [-0.15, -0.1) is 0 Å². The van der Waals surface area contributed by atoms with Gasteiger partial charge in [-0.3, -0.25) is 14.3 Å². The fourth-order valence-electron chi connectivity index (χ4n) is 3.92. The number of H-pyrrole nitrogens is 1. The number of rotatable bonds is 7. The lowest BCUT2D eigenvalue weighted by atomic mass is 10.2. The van der Waals surface area contributed by atoms with Crippen molar-refractivity contribution in [2.75, 3.05) is 44.3 Å². The third kappa shape index (κ3) is 5.42. The Kier molecular flexibility index (Phi) is 7.00. The highest BCUT2D eigenvalue weighted by Crippen LogP contribution is 2.33. The molecule has 0 spiro atoms. The summed E-state index contributed by atoms with van der Waals surface area (Å²) in [4.78, 5) is 32.1. The molecule has 14 heteroatoms. The van der Waals surface area contributed by atoms with Gasteiger partial charge in [0, 0.05) is 26.2 Å². The first-order valence-electron chi connectivity index (χ1n) is 10.9. The van der Waals surface area contributed by atoms with Crippen LogP contribution in [0.25, 0.3) is 10.9 Å². The molecule has 10 nitrogen and oxygen atoms in total. The van der Waals surface area contributed by atoms with Crippen molar-refractivity contribution in [3.8, 4) is 0 Å². The number of aromatic amines is 1. The molecular weight excluding hydrogens is 474 g/mol. The standard InChI is InChI=1S/C21H23F4N7O3/c1-13(32-15-11-27-28-20(34)18(15)19(29-32)21(23,24)25)12-35-9-4-17(33)31-7-5-30(6-8-31)16-3-2-14(22)10-26-16/h2-3,10-11,13H,4-9,12H2,1H3,(H,28,34). The number of hydrogen-bond donors (Lipinski definition) is 1. The predicted octanol–water partition coefficient (Wildman–Crippen LogP) is 1.99. The van der Waals surface area contributed by atoms with Gasteiger partial charge in [-0.1, -0.05) is 0 Å². The number of anilines is 1. The van der Waals surface area contributed by atoms with Gasteiger partial charge < -0.3 is 14.5 Å².